The Kier molecular flexibility index (Phi) is 7.91. The van der Waals surface area contributed by atoms with Crippen molar-refractivity contribution in [1.29, 1.82) is 0 Å². The molecule has 2 aliphatic rings. The fraction of sp³-hybridized carbons (Fsp3) is 0.947. The molecule has 1 aliphatic heterocycles. The van der Waals surface area contributed by atoms with Crippen molar-refractivity contribution in [2.75, 3.05) is 18.9 Å². The van der Waals surface area contributed by atoms with Crippen LogP contribution in [-0.4, -0.2) is 56.3 Å². The molecule has 1 amide bonds. The van der Waals surface area contributed by atoms with Gasteiger partial charge in [-0.3, -0.25) is 4.79 Å². The van der Waals surface area contributed by atoms with Gasteiger partial charge in [0.2, 0.25) is 15.9 Å². The highest BCUT2D eigenvalue weighted by molar-refractivity contribution is 7.89. The standard InChI is InChI=1S/C19H36N2O4S/c1-5-26(23,24)20-18-7-6-12-21(15(4)22)19(18)13-25-17-10-8-16(9-11-17)14(2)3/h14,16-20H,5-13H2,1-4H3/t16?,17?,18-,19-/m0/s1. The van der Waals surface area contributed by atoms with Crippen LogP contribution in [0.5, 0.6) is 0 Å². The lowest BCUT2D eigenvalue weighted by Crippen LogP contribution is -2.58. The molecule has 0 unspecified atom stereocenters. The van der Waals surface area contributed by atoms with E-state index >= 15 is 0 Å². The number of hydrogen-bond donors (Lipinski definition) is 1. The Morgan fingerprint density at radius 1 is 1.19 bits per heavy atom. The highest BCUT2D eigenvalue weighted by atomic mass is 32.2. The second-order valence-electron chi connectivity index (χ2n) is 8.16. The smallest absolute Gasteiger partial charge is 0.219 e. The third-order valence-corrected chi connectivity index (χ3v) is 7.48. The van der Waals surface area contributed by atoms with Crippen molar-refractivity contribution in [1.82, 2.24) is 9.62 Å². The predicted octanol–water partition coefficient (Wildman–Crippen LogP) is 2.54. The van der Waals surface area contributed by atoms with Gasteiger partial charge < -0.3 is 9.64 Å². The largest absolute Gasteiger partial charge is 0.376 e. The third kappa shape index (κ3) is 5.92. The molecule has 0 aromatic heterocycles. The molecule has 1 aliphatic carbocycles. The molecule has 152 valence electrons. The minimum Gasteiger partial charge on any atom is -0.376 e. The van der Waals surface area contributed by atoms with Gasteiger partial charge >= 0.3 is 0 Å². The topological polar surface area (TPSA) is 75.7 Å². The molecule has 1 N–H and O–H groups in total. The Labute approximate surface area is 159 Å². The van der Waals surface area contributed by atoms with Gasteiger partial charge in [0.25, 0.3) is 0 Å². The number of carbonyl (C=O) groups excluding carboxylic acids is 1. The van der Waals surface area contributed by atoms with Gasteiger partial charge in [0.15, 0.2) is 0 Å². The van der Waals surface area contributed by atoms with Crippen LogP contribution in [0.15, 0.2) is 0 Å². The van der Waals surface area contributed by atoms with Gasteiger partial charge in [-0.15, -0.1) is 0 Å². The molecule has 26 heavy (non-hydrogen) atoms. The number of sulfonamides is 1. The molecule has 1 heterocycles. The van der Waals surface area contributed by atoms with Crippen molar-refractivity contribution in [3.8, 4) is 0 Å². The van der Waals surface area contributed by atoms with Gasteiger partial charge in [-0.1, -0.05) is 13.8 Å². The van der Waals surface area contributed by atoms with E-state index in [1.807, 2.05) is 0 Å². The van der Waals surface area contributed by atoms with E-state index in [0.717, 1.165) is 37.5 Å². The fourth-order valence-electron chi connectivity index (χ4n) is 4.26. The number of hydrogen-bond acceptors (Lipinski definition) is 4. The Balaban J connectivity index is 1.97. The van der Waals surface area contributed by atoms with E-state index in [1.54, 1.807) is 18.7 Å². The van der Waals surface area contributed by atoms with Crippen molar-refractivity contribution in [2.24, 2.45) is 11.8 Å². The Morgan fingerprint density at radius 3 is 2.38 bits per heavy atom. The van der Waals surface area contributed by atoms with Crippen LogP contribution in [0.3, 0.4) is 0 Å². The molecule has 2 fully saturated rings. The first kappa shape index (κ1) is 21.6. The minimum atomic E-state index is -3.30. The normalized spacial score (nSPS) is 30.6. The summed E-state index contributed by atoms with van der Waals surface area (Å²) in [6.45, 7) is 8.83. The van der Waals surface area contributed by atoms with E-state index in [0.29, 0.717) is 13.2 Å². The molecule has 0 aromatic rings. The van der Waals surface area contributed by atoms with Crippen LogP contribution < -0.4 is 4.72 Å². The number of piperidine rings is 1. The van der Waals surface area contributed by atoms with Gasteiger partial charge in [0, 0.05) is 19.5 Å². The van der Waals surface area contributed by atoms with Gasteiger partial charge in [-0.2, -0.15) is 0 Å². The van der Waals surface area contributed by atoms with Crippen LogP contribution in [0.4, 0.5) is 0 Å². The number of ether oxygens (including phenoxy) is 1. The molecular formula is C19H36N2O4S. The summed E-state index contributed by atoms with van der Waals surface area (Å²) < 4.78 is 33.0. The highest BCUT2D eigenvalue weighted by Crippen LogP contribution is 2.31. The summed E-state index contributed by atoms with van der Waals surface area (Å²) in [5.74, 6) is 1.54. The summed E-state index contributed by atoms with van der Waals surface area (Å²) in [4.78, 5) is 13.8. The molecule has 2 atom stereocenters. The van der Waals surface area contributed by atoms with Crippen LogP contribution >= 0.6 is 0 Å². The summed E-state index contributed by atoms with van der Waals surface area (Å²) in [5.41, 5.74) is 0. The van der Waals surface area contributed by atoms with Crippen molar-refractivity contribution in [3.05, 3.63) is 0 Å². The van der Waals surface area contributed by atoms with Crippen molar-refractivity contribution in [3.63, 3.8) is 0 Å². The second kappa shape index (κ2) is 9.51. The van der Waals surface area contributed by atoms with Crippen LogP contribution in [-0.2, 0) is 19.6 Å². The Morgan fingerprint density at radius 2 is 1.85 bits per heavy atom. The van der Waals surface area contributed by atoms with Crippen molar-refractivity contribution >= 4 is 15.9 Å². The van der Waals surface area contributed by atoms with Crippen molar-refractivity contribution < 1.29 is 17.9 Å². The molecule has 1 saturated carbocycles. The molecule has 2 rings (SSSR count). The van der Waals surface area contributed by atoms with E-state index < -0.39 is 10.0 Å². The molecule has 1 saturated heterocycles. The lowest BCUT2D eigenvalue weighted by Gasteiger charge is -2.42. The van der Waals surface area contributed by atoms with Gasteiger partial charge in [-0.25, -0.2) is 13.1 Å². The van der Waals surface area contributed by atoms with Gasteiger partial charge in [0.05, 0.1) is 24.5 Å². The third-order valence-electron chi connectivity index (χ3n) is 6.06. The van der Waals surface area contributed by atoms with Gasteiger partial charge in [0.1, 0.15) is 0 Å². The number of rotatable bonds is 7. The summed E-state index contributed by atoms with van der Waals surface area (Å²) in [5, 5.41) is 0. The fourth-order valence-corrected chi connectivity index (χ4v) is 5.16. The lowest BCUT2D eigenvalue weighted by atomic mass is 9.80. The number of likely N-dealkylation sites (tertiary alicyclic amines) is 1. The second-order valence-corrected chi connectivity index (χ2v) is 10.2. The summed E-state index contributed by atoms with van der Waals surface area (Å²) in [7, 11) is -3.30. The minimum absolute atomic E-state index is 0.0116. The summed E-state index contributed by atoms with van der Waals surface area (Å²) >= 11 is 0. The molecule has 0 aromatic carbocycles. The van der Waals surface area contributed by atoms with E-state index in [9.17, 15) is 13.2 Å². The first-order valence-electron chi connectivity index (χ1n) is 10.1. The van der Waals surface area contributed by atoms with Crippen molar-refractivity contribution in [2.45, 2.75) is 84.4 Å². The Bertz CT molecular complexity index is 556. The van der Waals surface area contributed by atoms with E-state index in [2.05, 4.69) is 18.6 Å². The summed E-state index contributed by atoms with van der Waals surface area (Å²) in [6.07, 6.45) is 6.28. The number of nitrogens with one attached hydrogen (secondary N) is 1. The maximum atomic E-state index is 12.1. The average molecular weight is 389 g/mol. The van der Waals surface area contributed by atoms with Crippen LogP contribution in [0, 0.1) is 11.8 Å². The van der Waals surface area contributed by atoms with E-state index in [4.69, 9.17) is 4.74 Å². The maximum absolute atomic E-state index is 12.1. The summed E-state index contributed by atoms with van der Waals surface area (Å²) in [6, 6.07) is -0.477. The predicted molar refractivity (Wildman–Crippen MR) is 103 cm³/mol. The first-order valence-corrected chi connectivity index (χ1v) is 11.8. The quantitative estimate of drug-likeness (QED) is 0.727. The zero-order chi connectivity index (χ0) is 19.3. The molecular weight excluding hydrogens is 352 g/mol. The molecule has 7 heteroatoms. The van der Waals surface area contributed by atoms with Crippen LogP contribution in [0.2, 0.25) is 0 Å². The number of amides is 1. The van der Waals surface area contributed by atoms with Crippen LogP contribution in [0.25, 0.3) is 0 Å². The van der Waals surface area contributed by atoms with Crippen LogP contribution in [0.1, 0.15) is 66.2 Å². The SMILES string of the molecule is CCS(=O)(=O)N[C@H]1CCCN(C(C)=O)[C@H]1COC1CCC(C(C)C)CC1. The number of nitrogens with zero attached hydrogens (tertiary/aromatic N) is 1. The first-order chi connectivity index (χ1) is 12.2. The average Bonchev–Trinajstić information content (AvgIpc) is 2.60. The van der Waals surface area contributed by atoms with Gasteiger partial charge in [-0.05, 0) is 57.3 Å². The molecule has 0 bridgehead atoms. The zero-order valence-corrected chi connectivity index (χ0v) is 17.6. The molecule has 0 spiro atoms. The zero-order valence-electron chi connectivity index (χ0n) is 16.7. The molecule has 0 radical (unpaired) electrons. The monoisotopic (exact) mass is 388 g/mol. The van der Waals surface area contributed by atoms with E-state index in [1.165, 1.54) is 12.8 Å². The lowest BCUT2D eigenvalue weighted by molar-refractivity contribution is -0.136. The van der Waals surface area contributed by atoms with E-state index in [-0.39, 0.29) is 29.8 Å². The number of carbonyl (C=O) groups is 1. The highest BCUT2D eigenvalue weighted by Gasteiger charge is 2.36. The Hall–Kier alpha value is -0.660. The molecule has 6 nitrogen and oxygen atoms in total. The maximum Gasteiger partial charge on any atom is 0.219 e.